The Morgan fingerprint density at radius 1 is 1.37 bits per heavy atom. The van der Waals surface area contributed by atoms with Crippen LogP contribution in [0, 0.1) is 5.92 Å². The van der Waals surface area contributed by atoms with Gasteiger partial charge in [0.2, 0.25) is 0 Å². The Kier molecular flexibility index (Phi) is 5.86. The highest BCUT2D eigenvalue weighted by Crippen LogP contribution is 2.21. The molecule has 1 aromatic rings. The van der Waals surface area contributed by atoms with E-state index in [0.717, 1.165) is 12.5 Å². The maximum Gasteiger partial charge on any atom is 0.0247 e. The topological polar surface area (TPSA) is 15.3 Å². The second kappa shape index (κ2) is 7.41. The van der Waals surface area contributed by atoms with Crippen LogP contribution in [-0.4, -0.2) is 30.6 Å². The van der Waals surface area contributed by atoms with Gasteiger partial charge in [0.25, 0.3) is 0 Å². The average molecular weight is 325 g/mol. The summed E-state index contributed by atoms with van der Waals surface area (Å²) in [6.07, 6.45) is 2.69. The standard InChI is InChI=1S/C16H25BrN2/c1-13(2)19(11-14-6-5-9-18-10-14)12-15-7-3-4-8-16(15)17/h3-4,7-8,13-14,18H,5-6,9-12H2,1-2H3. The van der Waals surface area contributed by atoms with Crippen molar-refractivity contribution in [3.8, 4) is 0 Å². The quantitative estimate of drug-likeness (QED) is 0.889. The van der Waals surface area contributed by atoms with Crippen LogP contribution in [-0.2, 0) is 6.54 Å². The van der Waals surface area contributed by atoms with Crippen LogP contribution in [0.2, 0.25) is 0 Å². The fourth-order valence-corrected chi connectivity index (χ4v) is 3.12. The number of rotatable bonds is 5. The van der Waals surface area contributed by atoms with Gasteiger partial charge in [0, 0.05) is 23.6 Å². The normalized spacial score (nSPS) is 20.2. The van der Waals surface area contributed by atoms with Gasteiger partial charge in [0.05, 0.1) is 0 Å². The van der Waals surface area contributed by atoms with Gasteiger partial charge in [0.15, 0.2) is 0 Å². The fraction of sp³-hybridized carbons (Fsp3) is 0.625. The van der Waals surface area contributed by atoms with Gasteiger partial charge in [0.1, 0.15) is 0 Å². The molecule has 2 nitrogen and oxygen atoms in total. The molecule has 19 heavy (non-hydrogen) atoms. The smallest absolute Gasteiger partial charge is 0.0247 e. The highest BCUT2D eigenvalue weighted by Gasteiger charge is 2.19. The van der Waals surface area contributed by atoms with E-state index in [9.17, 15) is 0 Å². The number of nitrogens with zero attached hydrogens (tertiary/aromatic N) is 1. The third kappa shape index (κ3) is 4.59. The molecule has 1 unspecified atom stereocenters. The summed E-state index contributed by atoms with van der Waals surface area (Å²) in [7, 11) is 0. The highest BCUT2D eigenvalue weighted by molar-refractivity contribution is 9.10. The molecule has 1 aliphatic heterocycles. The predicted octanol–water partition coefficient (Wildman–Crippen LogP) is 3.66. The maximum absolute atomic E-state index is 3.66. The molecule has 0 radical (unpaired) electrons. The molecule has 106 valence electrons. The van der Waals surface area contributed by atoms with E-state index >= 15 is 0 Å². The first-order valence-corrected chi connectivity index (χ1v) is 8.14. The summed E-state index contributed by atoms with van der Waals surface area (Å²) < 4.78 is 1.22. The minimum Gasteiger partial charge on any atom is -0.316 e. The first-order chi connectivity index (χ1) is 9.16. The molecule has 3 heteroatoms. The summed E-state index contributed by atoms with van der Waals surface area (Å²) in [6.45, 7) is 9.21. The van der Waals surface area contributed by atoms with Gasteiger partial charge in [-0.1, -0.05) is 34.1 Å². The Labute approximate surface area is 125 Å². The summed E-state index contributed by atoms with van der Waals surface area (Å²) >= 11 is 3.66. The molecule has 0 aliphatic carbocycles. The lowest BCUT2D eigenvalue weighted by Gasteiger charge is -2.33. The van der Waals surface area contributed by atoms with E-state index in [1.807, 2.05) is 0 Å². The summed E-state index contributed by atoms with van der Waals surface area (Å²) in [6, 6.07) is 9.15. The van der Waals surface area contributed by atoms with E-state index < -0.39 is 0 Å². The zero-order chi connectivity index (χ0) is 13.7. The molecule has 1 atom stereocenters. The van der Waals surface area contributed by atoms with Gasteiger partial charge < -0.3 is 5.32 Å². The lowest BCUT2D eigenvalue weighted by Crippen LogP contribution is -2.40. The summed E-state index contributed by atoms with van der Waals surface area (Å²) in [4.78, 5) is 2.60. The molecule has 0 amide bonds. The van der Waals surface area contributed by atoms with E-state index in [4.69, 9.17) is 0 Å². The van der Waals surface area contributed by atoms with Crippen molar-refractivity contribution in [1.82, 2.24) is 10.2 Å². The second-order valence-electron chi connectivity index (χ2n) is 5.83. The third-order valence-corrected chi connectivity index (χ3v) is 4.73. The van der Waals surface area contributed by atoms with Gasteiger partial charge in [-0.25, -0.2) is 0 Å². The number of hydrogen-bond donors (Lipinski definition) is 1. The van der Waals surface area contributed by atoms with Gasteiger partial charge >= 0.3 is 0 Å². The first kappa shape index (κ1) is 15.0. The van der Waals surface area contributed by atoms with Crippen molar-refractivity contribution in [1.29, 1.82) is 0 Å². The van der Waals surface area contributed by atoms with Crippen LogP contribution in [0.5, 0.6) is 0 Å². The predicted molar refractivity (Wildman–Crippen MR) is 85.3 cm³/mol. The van der Waals surface area contributed by atoms with Crippen molar-refractivity contribution in [3.05, 3.63) is 34.3 Å². The van der Waals surface area contributed by atoms with E-state index in [-0.39, 0.29) is 0 Å². The molecule has 1 heterocycles. The van der Waals surface area contributed by atoms with Gasteiger partial charge in [-0.15, -0.1) is 0 Å². The number of hydrogen-bond acceptors (Lipinski definition) is 2. The van der Waals surface area contributed by atoms with Crippen molar-refractivity contribution in [2.24, 2.45) is 5.92 Å². The van der Waals surface area contributed by atoms with Gasteiger partial charge in [-0.2, -0.15) is 0 Å². The molecule has 0 spiro atoms. The van der Waals surface area contributed by atoms with E-state index in [1.54, 1.807) is 0 Å². The second-order valence-corrected chi connectivity index (χ2v) is 6.68. The van der Waals surface area contributed by atoms with Crippen LogP contribution in [0.25, 0.3) is 0 Å². The Bertz CT molecular complexity index is 386. The number of piperidine rings is 1. The van der Waals surface area contributed by atoms with E-state index in [0.29, 0.717) is 6.04 Å². The third-order valence-electron chi connectivity index (χ3n) is 3.95. The van der Waals surface area contributed by atoms with Crippen LogP contribution in [0.4, 0.5) is 0 Å². The van der Waals surface area contributed by atoms with Crippen LogP contribution < -0.4 is 5.32 Å². The Morgan fingerprint density at radius 2 is 2.16 bits per heavy atom. The van der Waals surface area contributed by atoms with Crippen LogP contribution in [0.3, 0.4) is 0 Å². The van der Waals surface area contributed by atoms with Crippen molar-refractivity contribution < 1.29 is 0 Å². The van der Waals surface area contributed by atoms with Crippen molar-refractivity contribution in [3.63, 3.8) is 0 Å². The maximum atomic E-state index is 3.66. The Balaban J connectivity index is 1.97. The van der Waals surface area contributed by atoms with Crippen molar-refractivity contribution >= 4 is 15.9 Å². The largest absolute Gasteiger partial charge is 0.316 e. The molecule has 1 saturated heterocycles. The van der Waals surface area contributed by atoms with Crippen LogP contribution >= 0.6 is 15.9 Å². The summed E-state index contributed by atoms with van der Waals surface area (Å²) in [5.41, 5.74) is 1.39. The fourth-order valence-electron chi connectivity index (χ4n) is 2.71. The monoisotopic (exact) mass is 324 g/mol. The van der Waals surface area contributed by atoms with E-state index in [2.05, 4.69) is 64.3 Å². The van der Waals surface area contributed by atoms with Gasteiger partial charge in [-0.3, -0.25) is 4.90 Å². The molecule has 0 saturated carbocycles. The van der Waals surface area contributed by atoms with Gasteiger partial charge in [-0.05, 0) is 57.3 Å². The number of nitrogens with one attached hydrogen (secondary N) is 1. The molecule has 1 N–H and O–H groups in total. The molecular weight excluding hydrogens is 300 g/mol. The summed E-state index contributed by atoms with van der Waals surface area (Å²) in [5, 5.41) is 3.52. The van der Waals surface area contributed by atoms with Crippen molar-refractivity contribution in [2.75, 3.05) is 19.6 Å². The zero-order valence-electron chi connectivity index (χ0n) is 12.0. The van der Waals surface area contributed by atoms with Crippen LogP contribution in [0.15, 0.2) is 28.7 Å². The lowest BCUT2D eigenvalue weighted by molar-refractivity contribution is 0.163. The molecule has 1 aliphatic rings. The molecule has 1 fully saturated rings. The van der Waals surface area contributed by atoms with E-state index in [1.165, 1.54) is 42.5 Å². The molecule has 1 aromatic carbocycles. The van der Waals surface area contributed by atoms with Crippen molar-refractivity contribution in [2.45, 2.75) is 39.3 Å². The average Bonchev–Trinajstić information content (AvgIpc) is 2.41. The highest BCUT2D eigenvalue weighted by atomic mass is 79.9. The zero-order valence-corrected chi connectivity index (χ0v) is 13.6. The number of halogens is 1. The Hall–Kier alpha value is -0.380. The molecule has 0 bridgehead atoms. The first-order valence-electron chi connectivity index (χ1n) is 7.35. The molecule has 0 aromatic heterocycles. The minimum absolute atomic E-state index is 0.592. The van der Waals surface area contributed by atoms with Crippen LogP contribution in [0.1, 0.15) is 32.3 Å². The lowest BCUT2D eigenvalue weighted by atomic mass is 9.98. The number of benzene rings is 1. The Morgan fingerprint density at radius 3 is 2.79 bits per heavy atom. The molecular formula is C16H25BrN2. The minimum atomic E-state index is 0.592. The SMILES string of the molecule is CC(C)N(Cc1ccccc1Br)CC1CCCNC1. The summed E-state index contributed by atoms with van der Waals surface area (Å²) in [5.74, 6) is 0.804. The molecule has 2 rings (SSSR count).